The number of nitrogens with one attached hydrogen (secondary N) is 1. The summed E-state index contributed by atoms with van der Waals surface area (Å²) in [6.07, 6.45) is 1.04. The molecule has 1 aromatic carbocycles. The highest BCUT2D eigenvalue weighted by molar-refractivity contribution is 6.06. The fraction of sp³-hybridized carbons (Fsp3) is 0.333. The fourth-order valence-corrected chi connectivity index (χ4v) is 2.36. The van der Waals surface area contributed by atoms with Crippen LogP contribution in [0.4, 0.5) is 5.69 Å². The molecule has 0 saturated carbocycles. The second-order valence-corrected chi connectivity index (χ2v) is 5.56. The molecule has 1 heterocycles. The molecule has 0 saturated heterocycles. The number of carbonyl (C=O) groups is 2. The first kappa shape index (κ1) is 18.5. The molecule has 7 heteroatoms. The van der Waals surface area contributed by atoms with Crippen molar-refractivity contribution in [2.75, 3.05) is 25.6 Å². The van der Waals surface area contributed by atoms with Crippen molar-refractivity contribution >= 4 is 17.6 Å². The largest absolute Gasteiger partial charge is 0.491 e. The minimum Gasteiger partial charge on any atom is -0.491 e. The van der Waals surface area contributed by atoms with Gasteiger partial charge < -0.3 is 24.3 Å². The smallest absolute Gasteiger partial charge is 0.311 e. The SMILES string of the molecule is COCCOc1ccc(NC(=O)c2c(C)coc2CC(=O)O)c(C)c1. The van der Waals surface area contributed by atoms with Gasteiger partial charge in [0.25, 0.3) is 5.91 Å². The molecule has 0 unspecified atom stereocenters. The molecule has 1 aromatic heterocycles. The summed E-state index contributed by atoms with van der Waals surface area (Å²) >= 11 is 0. The number of benzene rings is 1. The number of anilines is 1. The molecule has 2 N–H and O–H groups in total. The van der Waals surface area contributed by atoms with Crippen LogP contribution in [0.15, 0.2) is 28.9 Å². The monoisotopic (exact) mass is 347 g/mol. The molecule has 0 radical (unpaired) electrons. The Morgan fingerprint density at radius 3 is 2.60 bits per heavy atom. The van der Waals surface area contributed by atoms with Crippen LogP contribution in [0.5, 0.6) is 5.75 Å². The molecule has 0 fully saturated rings. The molecule has 7 nitrogen and oxygen atoms in total. The zero-order chi connectivity index (χ0) is 18.4. The van der Waals surface area contributed by atoms with E-state index in [9.17, 15) is 9.59 Å². The summed E-state index contributed by atoms with van der Waals surface area (Å²) in [4.78, 5) is 23.4. The average Bonchev–Trinajstić information content (AvgIpc) is 2.90. The van der Waals surface area contributed by atoms with Crippen molar-refractivity contribution < 1.29 is 28.6 Å². The summed E-state index contributed by atoms with van der Waals surface area (Å²) in [7, 11) is 1.60. The van der Waals surface area contributed by atoms with E-state index in [0.717, 1.165) is 5.56 Å². The van der Waals surface area contributed by atoms with Crippen LogP contribution in [0.3, 0.4) is 0 Å². The van der Waals surface area contributed by atoms with Crippen molar-refractivity contribution in [2.24, 2.45) is 0 Å². The molecule has 2 rings (SSSR count). The lowest BCUT2D eigenvalue weighted by Crippen LogP contribution is -2.16. The summed E-state index contributed by atoms with van der Waals surface area (Å²) in [5.41, 5.74) is 2.28. The van der Waals surface area contributed by atoms with Gasteiger partial charge in [-0.1, -0.05) is 0 Å². The molecule has 0 aliphatic carbocycles. The number of methoxy groups -OCH3 is 1. The van der Waals surface area contributed by atoms with Gasteiger partial charge in [0.05, 0.1) is 18.4 Å². The van der Waals surface area contributed by atoms with E-state index >= 15 is 0 Å². The third kappa shape index (κ3) is 4.84. The first-order chi connectivity index (χ1) is 11.9. The molecule has 0 aliphatic heterocycles. The second kappa shape index (κ2) is 8.34. The lowest BCUT2D eigenvalue weighted by Gasteiger charge is -2.11. The molecule has 0 spiro atoms. The number of furan rings is 1. The molecular weight excluding hydrogens is 326 g/mol. The molecule has 25 heavy (non-hydrogen) atoms. The average molecular weight is 347 g/mol. The number of ether oxygens (including phenoxy) is 2. The van der Waals surface area contributed by atoms with Gasteiger partial charge in [-0.2, -0.15) is 0 Å². The summed E-state index contributed by atoms with van der Waals surface area (Å²) in [6, 6.07) is 5.30. The highest BCUT2D eigenvalue weighted by Gasteiger charge is 2.21. The molecule has 2 aromatic rings. The van der Waals surface area contributed by atoms with Crippen molar-refractivity contribution in [3.63, 3.8) is 0 Å². The van der Waals surface area contributed by atoms with Crippen molar-refractivity contribution in [2.45, 2.75) is 20.3 Å². The highest BCUT2D eigenvalue weighted by atomic mass is 16.5. The zero-order valence-corrected chi connectivity index (χ0v) is 14.4. The number of carbonyl (C=O) groups excluding carboxylic acids is 1. The number of rotatable bonds is 8. The summed E-state index contributed by atoms with van der Waals surface area (Å²) in [5, 5.41) is 11.7. The minimum absolute atomic E-state index is 0.139. The quantitative estimate of drug-likeness (QED) is 0.713. The fourth-order valence-electron chi connectivity index (χ4n) is 2.36. The van der Waals surface area contributed by atoms with E-state index in [2.05, 4.69) is 5.32 Å². The van der Waals surface area contributed by atoms with Gasteiger partial charge in [0, 0.05) is 18.4 Å². The van der Waals surface area contributed by atoms with Crippen molar-refractivity contribution in [3.05, 3.63) is 46.9 Å². The third-order valence-corrected chi connectivity index (χ3v) is 3.59. The number of aliphatic carboxylic acids is 1. The topological polar surface area (TPSA) is 98.0 Å². The normalized spacial score (nSPS) is 10.5. The van der Waals surface area contributed by atoms with Crippen molar-refractivity contribution in [1.29, 1.82) is 0 Å². The molecule has 0 atom stereocenters. The first-order valence-corrected chi connectivity index (χ1v) is 7.75. The van der Waals surface area contributed by atoms with Gasteiger partial charge in [-0.25, -0.2) is 0 Å². The van der Waals surface area contributed by atoms with E-state index in [-0.39, 0.29) is 17.7 Å². The van der Waals surface area contributed by atoms with E-state index < -0.39 is 11.9 Å². The maximum atomic E-state index is 12.5. The number of carboxylic acid groups (broad SMARTS) is 1. The van der Waals surface area contributed by atoms with Crippen LogP contribution in [0, 0.1) is 13.8 Å². The Labute approximate surface area is 145 Å². The lowest BCUT2D eigenvalue weighted by molar-refractivity contribution is -0.136. The maximum absolute atomic E-state index is 12.5. The van der Waals surface area contributed by atoms with Gasteiger partial charge >= 0.3 is 5.97 Å². The Hall–Kier alpha value is -2.80. The molecule has 0 bridgehead atoms. The molecular formula is C18H21NO6. The van der Waals surface area contributed by atoms with Crippen LogP contribution >= 0.6 is 0 Å². The number of hydrogen-bond donors (Lipinski definition) is 2. The predicted molar refractivity (Wildman–Crippen MR) is 91.3 cm³/mol. The summed E-state index contributed by atoms with van der Waals surface area (Å²) < 4.78 is 15.6. The van der Waals surface area contributed by atoms with Gasteiger partial charge in [0.1, 0.15) is 24.5 Å². The Bertz CT molecular complexity index is 765. The van der Waals surface area contributed by atoms with E-state index in [1.54, 1.807) is 26.2 Å². The minimum atomic E-state index is -1.06. The molecule has 1 amide bonds. The Kier molecular flexibility index (Phi) is 6.19. The van der Waals surface area contributed by atoms with Crippen LogP contribution in [0.25, 0.3) is 0 Å². The van der Waals surface area contributed by atoms with E-state index in [4.69, 9.17) is 19.0 Å². The number of aryl methyl sites for hydroxylation is 2. The standard InChI is InChI=1S/C18H21NO6/c1-11-8-13(24-7-6-23-3)4-5-14(11)19-18(22)17-12(2)10-25-15(17)9-16(20)21/h4-5,8,10H,6-7,9H2,1-3H3,(H,19,22)(H,20,21). The van der Waals surface area contributed by atoms with Crippen LogP contribution in [-0.4, -0.2) is 37.3 Å². The number of hydrogen-bond acceptors (Lipinski definition) is 5. The van der Waals surface area contributed by atoms with E-state index in [1.165, 1.54) is 6.26 Å². The first-order valence-electron chi connectivity index (χ1n) is 7.75. The second-order valence-electron chi connectivity index (χ2n) is 5.56. The molecule has 134 valence electrons. The lowest BCUT2D eigenvalue weighted by atomic mass is 10.1. The van der Waals surface area contributed by atoms with Gasteiger partial charge in [-0.3, -0.25) is 9.59 Å². The van der Waals surface area contributed by atoms with Crippen LogP contribution < -0.4 is 10.1 Å². The van der Waals surface area contributed by atoms with Gasteiger partial charge in [-0.15, -0.1) is 0 Å². The Morgan fingerprint density at radius 2 is 1.96 bits per heavy atom. The zero-order valence-electron chi connectivity index (χ0n) is 14.4. The summed E-state index contributed by atoms with van der Waals surface area (Å²) in [6.45, 7) is 4.47. The van der Waals surface area contributed by atoms with Gasteiger partial charge in [-0.05, 0) is 37.6 Å². The number of carboxylic acids is 1. The van der Waals surface area contributed by atoms with E-state index in [0.29, 0.717) is 30.2 Å². The van der Waals surface area contributed by atoms with Gasteiger partial charge in [0.15, 0.2) is 0 Å². The van der Waals surface area contributed by atoms with Crippen LogP contribution in [-0.2, 0) is 16.0 Å². The Morgan fingerprint density at radius 1 is 1.20 bits per heavy atom. The van der Waals surface area contributed by atoms with Crippen molar-refractivity contribution in [3.8, 4) is 5.75 Å². The maximum Gasteiger partial charge on any atom is 0.311 e. The van der Waals surface area contributed by atoms with Gasteiger partial charge in [0.2, 0.25) is 0 Å². The highest BCUT2D eigenvalue weighted by Crippen LogP contribution is 2.24. The third-order valence-electron chi connectivity index (χ3n) is 3.59. The Balaban J connectivity index is 2.13. The van der Waals surface area contributed by atoms with Crippen molar-refractivity contribution in [1.82, 2.24) is 0 Å². The molecule has 0 aliphatic rings. The predicted octanol–water partition coefficient (Wildman–Crippen LogP) is 2.80. The van der Waals surface area contributed by atoms with Crippen LogP contribution in [0.2, 0.25) is 0 Å². The number of amides is 1. The van der Waals surface area contributed by atoms with Crippen LogP contribution in [0.1, 0.15) is 27.2 Å². The van der Waals surface area contributed by atoms with E-state index in [1.807, 2.05) is 13.0 Å². The summed E-state index contributed by atoms with van der Waals surface area (Å²) in [5.74, 6) is -0.644.